The highest BCUT2D eigenvalue weighted by molar-refractivity contribution is 5.93. The summed E-state index contributed by atoms with van der Waals surface area (Å²) in [6.07, 6.45) is 0. The first-order valence-corrected chi connectivity index (χ1v) is 9.37. The maximum absolute atomic E-state index is 5.28. The minimum absolute atomic E-state index is 0.523. The molecule has 2 aromatic carbocycles. The fraction of sp³-hybridized carbons (Fsp3) is 0.286. The molecule has 29 heavy (non-hydrogen) atoms. The van der Waals surface area contributed by atoms with Crippen LogP contribution in [0.1, 0.15) is 11.3 Å². The van der Waals surface area contributed by atoms with Crippen molar-refractivity contribution >= 4 is 22.8 Å². The number of hydrogen-bond acceptors (Lipinski definition) is 8. The topological polar surface area (TPSA) is 83.9 Å². The largest absolute Gasteiger partial charge is 0.497 e. The Morgan fingerprint density at radius 1 is 1.03 bits per heavy atom. The van der Waals surface area contributed by atoms with E-state index in [1.165, 1.54) is 5.56 Å². The van der Waals surface area contributed by atoms with Crippen molar-refractivity contribution in [1.29, 1.82) is 0 Å². The first-order valence-electron chi connectivity index (χ1n) is 9.37. The van der Waals surface area contributed by atoms with Crippen LogP contribution in [0.3, 0.4) is 0 Å². The first-order chi connectivity index (χ1) is 14.1. The second kappa shape index (κ2) is 8.32. The van der Waals surface area contributed by atoms with Crippen molar-refractivity contribution in [3.63, 3.8) is 0 Å². The lowest BCUT2D eigenvalue weighted by atomic mass is 10.2. The molecule has 0 unspecified atom stereocenters. The SMILES string of the molecule is COc1ccc(CN2CN=C(Nc3nc(C)c4cc(OC)ccc4n3)NC2)cc1. The number of rotatable bonds is 5. The number of aryl methyl sites for hydroxylation is 1. The van der Waals surface area contributed by atoms with E-state index in [0.717, 1.165) is 34.6 Å². The van der Waals surface area contributed by atoms with Crippen molar-refractivity contribution in [3.05, 3.63) is 53.7 Å². The van der Waals surface area contributed by atoms with Gasteiger partial charge in [0.1, 0.15) is 11.5 Å². The summed E-state index contributed by atoms with van der Waals surface area (Å²) in [6, 6.07) is 13.8. The van der Waals surface area contributed by atoms with Crippen LogP contribution in [-0.2, 0) is 6.54 Å². The van der Waals surface area contributed by atoms with Gasteiger partial charge >= 0.3 is 0 Å². The number of anilines is 1. The van der Waals surface area contributed by atoms with E-state index < -0.39 is 0 Å². The molecule has 150 valence electrons. The summed E-state index contributed by atoms with van der Waals surface area (Å²) < 4.78 is 10.5. The van der Waals surface area contributed by atoms with Gasteiger partial charge in [0.05, 0.1) is 38.8 Å². The van der Waals surface area contributed by atoms with E-state index in [1.54, 1.807) is 14.2 Å². The Bertz CT molecular complexity index is 1040. The third-order valence-electron chi connectivity index (χ3n) is 4.79. The third-order valence-corrected chi connectivity index (χ3v) is 4.79. The van der Waals surface area contributed by atoms with E-state index >= 15 is 0 Å². The third kappa shape index (κ3) is 4.38. The Hall–Kier alpha value is -3.39. The van der Waals surface area contributed by atoms with Crippen LogP contribution < -0.4 is 20.1 Å². The minimum Gasteiger partial charge on any atom is -0.497 e. The molecule has 1 aliphatic rings. The molecule has 0 saturated heterocycles. The predicted octanol–water partition coefficient (Wildman–Crippen LogP) is 2.74. The zero-order chi connectivity index (χ0) is 20.2. The van der Waals surface area contributed by atoms with E-state index in [4.69, 9.17) is 9.47 Å². The van der Waals surface area contributed by atoms with Crippen LogP contribution in [0.5, 0.6) is 11.5 Å². The molecule has 0 spiro atoms. The maximum Gasteiger partial charge on any atom is 0.230 e. The van der Waals surface area contributed by atoms with Crippen molar-refractivity contribution in [1.82, 2.24) is 20.2 Å². The summed E-state index contributed by atoms with van der Waals surface area (Å²) in [5, 5.41) is 7.44. The van der Waals surface area contributed by atoms with Gasteiger partial charge in [-0.1, -0.05) is 12.1 Å². The van der Waals surface area contributed by atoms with Gasteiger partial charge in [0.25, 0.3) is 0 Å². The molecule has 0 bridgehead atoms. The highest BCUT2D eigenvalue weighted by Gasteiger charge is 2.14. The second-order valence-corrected chi connectivity index (χ2v) is 6.80. The highest BCUT2D eigenvalue weighted by atomic mass is 16.5. The Morgan fingerprint density at radius 3 is 2.48 bits per heavy atom. The summed E-state index contributed by atoms with van der Waals surface area (Å²) in [6.45, 7) is 4.04. The van der Waals surface area contributed by atoms with Gasteiger partial charge in [-0.15, -0.1) is 0 Å². The lowest BCUT2D eigenvalue weighted by molar-refractivity contribution is 0.256. The number of methoxy groups -OCH3 is 2. The molecule has 2 N–H and O–H groups in total. The van der Waals surface area contributed by atoms with Gasteiger partial charge in [0, 0.05) is 11.9 Å². The molecular weight excluding hydrogens is 368 g/mol. The summed E-state index contributed by atoms with van der Waals surface area (Å²) >= 11 is 0. The molecule has 0 saturated carbocycles. The van der Waals surface area contributed by atoms with Gasteiger partial charge in [-0.25, -0.2) is 15.0 Å². The van der Waals surface area contributed by atoms with Gasteiger partial charge in [-0.2, -0.15) is 0 Å². The molecule has 0 atom stereocenters. The Labute approximate surface area is 169 Å². The fourth-order valence-corrected chi connectivity index (χ4v) is 3.19. The number of aliphatic imine (C=N–C) groups is 1. The second-order valence-electron chi connectivity index (χ2n) is 6.80. The first kappa shape index (κ1) is 18.9. The molecule has 3 aromatic rings. The van der Waals surface area contributed by atoms with E-state index in [9.17, 15) is 0 Å². The zero-order valence-corrected chi connectivity index (χ0v) is 16.8. The van der Waals surface area contributed by atoms with Crippen molar-refractivity contribution in [2.24, 2.45) is 4.99 Å². The smallest absolute Gasteiger partial charge is 0.230 e. The van der Waals surface area contributed by atoms with Crippen LogP contribution in [0, 0.1) is 6.92 Å². The summed E-state index contributed by atoms with van der Waals surface area (Å²) in [4.78, 5) is 15.9. The van der Waals surface area contributed by atoms with Crippen LogP contribution in [0.15, 0.2) is 47.5 Å². The van der Waals surface area contributed by atoms with E-state index in [0.29, 0.717) is 25.2 Å². The molecule has 8 heteroatoms. The molecule has 1 aromatic heterocycles. The van der Waals surface area contributed by atoms with Crippen molar-refractivity contribution in [3.8, 4) is 11.5 Å². The van der Waals surface area contributed by atoms with Crippen LogP contribution >= 0.6 is 0 Å². The predicted molar refractivity (Wildman–Crippen MR) is 113 cm³/mol. The number of guanidine groups is 1. The van der Waals surface area contributed by atoms with Gasteiger partial charge in [0.2, 0.25) is 11.9 Å². The number of benzene rings is 2. The van der Waals surface area contributed by atoms with Crippen molar-refractivity contribution in [2.75, 3.05) is 32.9 Å². The number of nitrogens with one attached hydrogen (secondary N) is 2. The van der Waals surface area contributed by atoms with Gasteiger partial charge in [-0.05, 0) is 42.8 Å². The highest BCUT2D eigenvalue weighted by Crippen LogP contribution is 2.22. The van der Waals surface area contributed by atoms with Crippen LogP contribution in [0.4, 0.5) is 5.95 Å². The zero-order valence-electron chi connectivity index (χ0n) is 16.8. The molecule has 8 nitrogen and oxygen atoms in total. The standard InChI is InChI=1S/C21H24N6O2/c1-14-18-10-17(29-3)8-9-19(18)25-21(24-14)26-20-22-12-27(13-23-20)11-15-4-6-16(28-2)7-5-15/h4-10H,11-13H2,1-3H3,(H2,22,23,24,25,26). The number of aromatic nitrogens is 2. The lowest BCUT2D eigenvalue weighted by Gasteiger charge is -2.27. The number of ether oxygens (including phenoxy) is 2. The average Bonchev–Trinajstić information content (AvgIpc) is 2.75. The molecule has 2 heterocycles. The van der Waals surface area contributed by atoms with Gasteiger partial charge in [-0.3, -0.25) is 10.2 Å². The van der Waals surface area contributed by atoms with Crippen LogP contribution in [-0.4, -0.2) is 48.4 Å². The monoisotopic (exact) mass is 392 g/mol. The maximum atomic E-state index is 5.28. The summed E-state index contributed by atoms with van der Waals surface area (Å²) in [5.74, 6) is 2.84. The molecule has 4 rings (SSSR count). The molecule has 1 aliphatic heterocycles. The summed E-state index contributed by atoms with van der Waals surface area (Å²) in [7, 11) is 3.32. The molecule has 0 radical (unpaired) electrons. The normalized spacial score (nSPS) is 14.2. The number of nitrogens with zero attached hydrogens (tertiary/aromatic N) is 4. The van der Waals surface area contributed by atoms with Crippen LogP contribution in [0.2, 0.25) is 0 Å². The quantitative estimate of drug-likeness (QED) is 0.691. The Morgan fingerprint density at radius 2 is 1.79 bits per heavy atom. The van der Waals surface area contributed by atoms with Crippen molar-refractivity contribution in [2.45, 2.75) is 13.5 Å². The molecular formula is C21H24N6O2. The molecule has 0 aliphatic carbocycles. The molecule has 0 fully saturated rings. The lowest BCUT2D eigenvalue weighted by Crippen LogP contribution is -2.45. The van der Waals surface area contributed by atoms with E-state index in [2.05, 4.69) is 42.6 Å². The van der Waals surface area contributed by atoms with E-state index in [-0.39, 0.29) is 0 Å². The van der Waals surface area contributed by atoms with E-state index in [1.807, 2.05) is 37.3 Å². The van der Waals surface area contributed by atoms with Crippen LogP contribution in [0.25, 0.3) is 10.9 Å². The minimum atomic E-state index is 0.523. The Kier molecular flexibility index (Phi) is 5.44. The summed E-state index contributed by atoms with van der Waals surface area (Å²) in [5.41, 5.74) is 2.95. The fourth-order valence-electron chi connectivity index (χ4n) is 3.19. The molecule has 0 amide bonds. The number of hydrogen-bond donors (Lipinski definition) is 2. The van der Waals surface area contributed by atoms with Gasteiger partial charge in [0.15, 0.2) is 0 Å². The Balaban J connectivity index is 1.41. The van der Waals surface area contributed by atoms with Crippen molar-refractivity contribution < 1.29 is 9.47 Å². The van der Waals surface area contributed by atoms with Gasteiger partial charge < -0.3 is 14.8 Å². The number of fused-ring (bicyclic) bond motifs is 1. The average molecular weight is 392 g/mol.